The fraction of sp³-hybridized carbons (Fsp3) is 0.682. The summed E-state index contributed by atoms with van der Waals surface area (Å²) in [4.78, 5) is 1.91. The van der Waals surface area contributed by atoms with Crippen molar-refractivity contribution in [3.05, 3.63) is 24.0 Å². The van der Waals surface area contributed by atoms with E-state index < -0.39 is 0 Å². The average molecular weight is 412 g/mol. The monoisotopic (exact) mass is 411 g/mol. The van der Waals surface area contributed by atoms with Crippen LogP contribution in [0.2, 0.25) is 0 Å². The first-order valence-electron chi connectivity index (χ1n) is 11.1. The minimum atomic E-state index is 0.0163. The van der Waals surface area contributed by atoms with Gasteiger partial charge < -0.3 is 19.5 Å². The molecule has 4 aliphatic carbocycles. The summed E-state index contributed by atoms with van der Waals surface area (Å²) in [5, 5.41) is 16.7. The first-order valence-corrected chi connectivity index (χ1v) is 11.1. The Morgan fingerprint density at radius 1 is 1.13 bits per heavy atom. The number of ether oxygens (including phenoxy) is 3. The van der Waals surface area contributed by atoms with Gasteiger partial charge in [0, 0.05) is 30.1 Å². The lowest BCUT2D eigenvalue weighted by atomic mass is 9.50. The maximum atomic E-state index is 5.91. The Kier molecular flexibility index (Phi) is 4.20. The third kappa shape index (κ3) is 2.95. The molecule has 1 aromatic carbocycles. The van der Waals surface area contributed by atoms with Gasteiger partial charge in [-0.05, 0) is 61.6 Å². The first kappa shape index (κ1) is 18.4. The fourth-order valence-corrected chi connectivity index (χ4v) is 6.88. The van der Waals surface area contributed by atoms with Crippen LogP contribution in [0, 0.1) is 11.8 Å². The van der Waals surface area contributed by atoms with Crippen LogP contribution in [-0.4, -0.2) is 46.1 Å². The van der Waals surface area contributed by atoms with Crippen molar-refractivity contribution in [2.24, 2.45) is 11.8 Å². The van der Waals surface area contributed by atoms with Gasteiger partial charge in [0.05, 0.1) is 25.9 Å². The highest BCUT2D eigenvalue weighted by atomic mass is 16.5. The van der Waals surface area contributed by atoms with Crippen LogP contribution in [0.3, 0.4) is 0 Å². The summed E-state index contributed by atoms with van der Waals surface area (Å²) in [5.41, 5.74) is 1.25. The van der Waals surface area contributed by atoms with E-state index in [2.05, 4.69) is 26.8 Å². The minimum absolute atomic E-state index is 0.0163. The highest BCUT2D eigenvalue weighted by molar-refractivity contribution is 5.51. The molecule has 5 aliphatic rings. The predicted molar refractivity (Wildman–Crippen MR) is 109 cm³/mol. The normalized spacial score (nSPS) is 34.0. The molecule has 0 amide bonds. The van der Waals surface area contributed by atoms with Crippen LogP contribution in [0.5, 0.6) is 17.2 Å². The molecule has 30 heavy (non-hydrogen) atoms. The lowest BCUT2D eigenvalue weighted by Gasteiger charge is -2.61. The molecule has 2 unspecified atom stereocenters. The molecule has 0 spiro atoms. The second-order valence-electron chi connectivity index (χ2n) is 9.71. The third-order valence-electron chi connectivity index (χ3n) is 7.61. The van der Waals surface area contributed by atoms with Gasteiger partial charge in [-0.2, -0.15) is 4.80 Å². The van der Waals surface area contributed by atoms with Crippen LogP contribution in [0.25, 0.3) is 0 Å². The molecule has 2 heterocycles. The molecule has 0 saturated heterocycles. The molecule has 2 atom stereocenters. The van der Waals surface area contributed by atoms with Crippen molar-refractivity contribution < 1.29 is 14.2 Å². The van der Waals surface area contributed by atoms with Gasteiger partial charge in [-0.1, -0.05) is 0 Å². The maximum absolute atomic E-state index is 5.91. The van der Waals surface area contributed by atoms with Gasteiger partial charge in [0.2, 0.25) is 0 Å². The molecule has 4 fully saturated rings. The van der Waals surface area contributed by atoms with E-state index in [4.69, 9.17) is 14.2 Å². The van der Waals surface area contributed by atoms with Crippen molar-refractivity contribution in [1.29, 1.82) is 0 Å². The van der Waals surface area contributed by atoms with Crippen LogP contribution >= 0.6 is 0 Å². The second kappa shape index (κ2) is 6.83. The molecule has 1 N–H and O–H groups in total. The lowest BCUT2D eigenvalue weighted by molar-refractivity contribution is -0.0854. The van der Waals surface area contributed by atoms with Crippen LogP contribution in [0.15, 0.2) is 18.5 Å². The van der Waals surface area contributed by atoms with E-state index in [1.807, 2.05) is 10.9 Å². The van der Waals surface area contributed by atoms with Gasteiger partial charge in [-0.25, -0.2) is 0 Å². The van der Waals surface area contributed by atoms with Gasteiger partial charge in [0.1, 0.15) is 5.75 Å². The van der Waals surface area contributed by atoms with Crippen molar-refractivity contribution >= 4 is 0 Å². The summed E-state index contributed by atoms with van der Waals surface area (Å²) >= 11 is 0. The van der Waals surface area contributed by atoms with Crippen LogP contribution < -0.4 is 19.5 Å². The van der Waals surface area contributed by atoms with Crippen molar-refractivity contribution in [3.8, 4) is 17.2 Å². The van der Waals surface area contributed by atoms with Crippen LogP contribution in [-0.2, 0) is 12.1 Å². The van der Waals surface area contributed by atoms with Crippen molar-refractivity contribution in [1.82, 2.24) is 25.5 Å². The number of hydrogen-bond acceptors (Lipinski definition) is 7. The third-order valence-corrected chi connectivity index (χ3v) is 7.61. The summed E-state index contributed by atoms with van der Waals surface area (Å²) in [6.45, 7) is 2.12. The highest BCUT2D eigenvalue weighted by Gasteiger charge is 2.59. The number of hydrogen-bond donors (Lipinski definition) is 1. The predicted octanol–water partition coefficient (Wildman–Crippen LogP) is 2.68. The van der Waals surface area contributed by atoms with E-state index in [0.717, 1.165) is 54.0 Å². The molecule has 1 aliphatic heterocycles. The highest BCUT2D eigenvalue weighted by Crippen LogP contribution is 2.60. The summed E-state index contributed by atoms with van der Waals surface area (Å²) < 4.78 is 17.4. The zero-order valence-corrected chi connectivity index (χ0v) is 17.5. The Morgan fingerprint density at radius 2 is 1.90 bits per heavy atom. The second-order valence-corrected chi connectivity index (χ2v) is 9.71. The summed E-state index contributed by atoms with van der Waals surface area (Å²) in [5.74, 6) is 3.91. The van der Waals surface area contributed by atoms with Crippen molar-refractivity contribution in [2.75, 3.05) is 20.3 Å². The molecule has 8 nitrogen and oxygen atoms in total. The summed E-state index contributed by atoms with van der Waals surface area (Å²) in [6.07, 6.45) is 9.69. The zero-order chi connectivity index (χ0) is 20.2. The first-order chi connectivity index (χ1) is 14.7. The smallest absolute Gasteiger partial charge is 0.164 e. The summed E-state index contributed by atoms with van der Waals surface area (Å²) in [7, 11) is 1.72. The van der Waals surface area contributed by atoms with E-state index in [-0.39, 0.29) is 11.1 Å². The number of nitrogens with zero attached hydrogens (tertiary/aromatic N) is 4. The van der Waals surface area contributed by atoms with E-state index >= 15 is 0 Å². The minimum Gasteiger partial charge on any atom is -0.496 e. The number of rotatable bonds is 5. The number of benzene rings is 1. The Hall–Kier alpha value is -2.35. The SMILES string of the molecule is COc1cc2c(cc1CNC13CC4CC(C1)CC(n1ncnn1)(C4)C3)OCCCO2. The number of aromatic nitrogens is 4. The fourth-order valence-electron chi connectivity index (χ4n) is 6.88. The number of nitrogens with one attached hydrogen (secondary N) is 1. The molecule has 4 saturated carbocycles. The van der Waals surface area contributed by atoms with Crippen molar-refractivity contribution in [2.45, 2.75) is 62.6 Å². The molecule has 160 valence electrons. The molecule has 8 heteroatoms. The number of methoxy groups -OCH3 is 1. The Bertz CT molecular complexity index is 917. The number of fused-ring (bicyclic) bond motifs is 1. The Morgan fingerprint density at radius 3 is 2.60 bits per heavy atom. The van der Waals surface area contributed by atoms with Gasteiger partial charge in [-0.3, -0.25) is 0 Å². The molecule has 1 aromatic heterocycles. The van der Waals surface area contributed by atoms with Crippen LogP contribution in [0.4, 0.5) is 0 Å². The Balaban J connectivity index is 1.27. The van der Waals surface area contributed by atoms with E-state index in [9.17, 15) is 0 Å². The van der Waals surface area contributed by atoms with Gasteiger partial charge in [-0.15, -0.1) is 10.2 Å². The van der Waals surface area contributed by atoms with Crippen molar-refractivity contribution in [3.63, 3.8) is 0 Å². The molecular weight excluding hydrogens is 382 g/mol. The average Bonchev–Trinajstić information content (AvgIpc) is 3.19. The molecule has 0 radical (unpaired) electrons. The largest absolute Gasteiger partial charge is 0.496 e. The molecule has 7 rings (SSSR count). The summed E-state index contributed by atoms with van der Waals surface area (Å²) in [6, 6.07) is 4.06. The molecule has 4 bridgehead atoms. The maximum Gasteiger partial charge on any atom is 0.164 e. The van der Waals surface area contributed by atoms with Gasteiger partial charge in [0.25, 0.3) is 0 Å². The van der Waals surface area contributed by atoms with E-state index in [0.29, 0.717) is 13.2 Å². The molecule has 2 aromatic rings. The zero-order valence-electron chi connectivity index (χ0n) is 17.5. The van der Waals surface area contributed by atoms with E-state index in [1.165, 1.54) is 32.1 Å². The quantitative estimate of drug-likeness (QED) is 0.810. The van der Waals surface area contributed by atoms with Gasteiger partial charge in [0.15, 0.2) is 17.8 Å². The Labute approximate surface area is 176 Å². The van der Waals surface area contributed by atoms with Crippen LogP contribution in [0.1, 0.15) is 50.5 Å². The molecular formula is C22H29N5O3. The van der Waals surface area contributed by atoms with Gasteiger partial charge >= 0.3 is 0 Å². The number of tetrazole rings is 1. The topological polar surface area (TPSA) is 83.3 Å². The lowest BCUT2D eigenvalue weighted by Crippen LogP contribution is -2.65. The van der Waals surface area contributed by atoms with E-state index in [1.54, 1.807) is 13.4 Å². The standard InChI is InChI=1S/C22H29N5O3/c1-28-18-7-20-19(29-3-2-4-30-20)6-17(18)12-23-21-8-15-5-16(9-21)11-22(10-15,13-21)27-25-14-24-26-27/h6-7,14-16,23H,2-5,8-13H2,1H3.